The number of nitro groups is 1. The van der Waals surface area contributed by atoms with Crippen LogP contribution in [0.2, 0.25) is 5.02 Å². The molecule has 0 spiro atoms. The molecule has 0 fully saturated rings. The second-order valence-corrected chi connectivity index (χ2v) is 6.28. The largest absolute Gasteiger partial charge is 0.492 e. The van der Waals surface area contributed by atoms with Crippen molar-refractivity contribution in [3.05, 3.63) is 62.1 Å². The first-order valence-electron chi connectivity index (χ1n) is 7.33. The molecule has 2 aromatic carbocycles. The van der Waals surface area contributed by atoms with Gasteiger partial charge in [-0.15, -0.1) is 0 Å². The van der Waals surface area contributed by atoms with Crippen molar-refractivity contribution in [1.29, 1.82) is 0 Å². The molecule has 2 aromatic rings. The number of anilines is 1. The number of benzene rings is 2. The fourth-order valence-corrected chi connectivity index (χ4v) is 2.62. The Balaban J connectivity index is 1.67. The van der Waals surface area contributed by atoms with Gasteiger partial charge in [0.05, 0.1) is 16.6 Å². The van der Waals surface area contributed by atoms with E-state index < -0.39 is 11.0 Å². The van der Waals surface area contributed by atoms with Crippen molar-refractivity contribution >= 4 is 44.9 Å². The van der Waals surface area contributed by atoms with Crippen LogP contribution in [0.4, 0.5) is 16.2 Å². The van der Waals surface area contributed by atoms with E-state index in [1.54, 1.807) is 12.1 Å². The number of nitrogens with one attached hydrogen (secondary N) is 2. The van der Waals surface area contributed by atoms with Crippen molar-refractivity contribution in [2.75, 3.05) is 18.5 Å². The quantitative estimate of drug-likeness (QED) is 0.383. The number of ether oxygens (including phenoxy) is 1. The van der Waals surface area contributed by atoms with E-state index in [0.29, 0.717) is 36.0 Å². The molecule has 0 bridgehead atoms. The number of hydrogen-bond acceptors (Lipinski definition) is 4. The second-order valence-electron chi connectivity index (χ2n) is 4.96. The zero-order valence-corrected chi connectivity index (χ0v) is 15.3. The number of urea groups is 1. The lowest BCUT2D eigenvalue weighted by atomic mass is 10.3. The van der Waals surface area contributed by atoms with E-state index in [0.717, 1.165) is 4.47 Å². The summed E-state index contributed by atoms with van der Waals surface area (Å²) in [6.07, 6.45) is 0.597. The van der Waals surface area contributed by atoms with Crippen LogP contribution in [0, 0.1) is 10.1 Å². The number of carbonyl (C=O) groups excluding carboxylic acids is 1. The van der Waals surface area contributed by atoms with Gasteiger partial charge < -0.3 is 15.4 Å². The molecule has 0 saturated carbocycles. The summed E-state index contributed by atoms with van der Waals surface area (Å²) in [7, 11) is 0. The number of rotatable bonds is 7. The Morgan fingerprint density at radius 2 is 1.96 bits per heavy atom. The van der Waals surface area contributed by atoms with Crippen molar-refractivity contribution in [1.82, 2.24) is 5.32 Å². The standard InChI is InChI=1S/C16H15BrClN3O4/c17-11-2-7-15(14(18)10-11)25-9-1-8-19-16(22)20-12-3-5-13(6-4-12)21(23)24/h2-7,10H,1,8-9H2,(H2,19,20,22). The van der Waals surface area contributed by atoms with E-state index in [4.69, 9.17) is 16.3 Å². The molecule has 2 rings (SSSR count). The van der Waals surface area contributed by atoms with Crippen molar-refractivity contribution < 1.29 is 14.5 Å². The normalized spacial score (nSPS) is 10.2. The van der Waals surface area contributed by atoms with Crippen LogP contribution in [0.5, 0.6) is 5.75 Å². The summed E-state index contributed by atoms with van der Waals surface area (Å²) in [5, 5.41) is 16.3. The highest BCUT2D eigenvalue weighted by Gasteiger charge is 2.06. The highest BCUT2D eigenvalue weighted by molar-refractivity contribution is 9.10. The maximum absolute atomic E-state index is 11.7. The topological polar surface area (TPSA) is 93.5 Å². The molecule has 0 aliphatic carbocycles. The monoisotopic (exact) mass is 427 g/mol. The van der Waals surface area contributed by atoms with Crippen LogP contribution in [0.3, 0.4) is 0 Å². The molecule has 9 heteroatoms. The average Bonchev–Trinajstić information content (AvgIpc) is 2.56. The van der Waals surface area contributed by atoms with Crippen molar-refractivity contribution in [2.45, 2.75) is 6.42 Å². The third-order valence-corrected chi connectivity index (χ3v) is 3.88. The van der Waals surface area contributed by atoms with E-state index in [1.807, 2.05) is 6.07 Å². The van der Waals surface area contributed by atoms with Gasteiger partial charge in [-0.2, -0.15) is 0 Å². The molecule has 2 N–H and O–H groups in total. The number of carbonyl (C=O) groups is 1. The number of nitro benzene ring substituents is 1. The van der Waals surface area contributed by atoms with Crippen LogP contribution in [0.25, 0.3) is 0 Å². The minimum absolute atomic E-state index is 0.0327. The molecule has 2 amide bonds. The second kappa shape index (κ2) is 9.24. The molecule has 132 valence electrons. The van der Waals surface area contributed by atoms with Gasteiger partial charge in [0.25, 0.3) is 5.69 Å². The minimum Gasteiger partial charge on any atom is -0.492 e. The van der Waals surface area contributed by atoms with Crippen LogP contribution >= 0.6 is 27.5 Å². The van der Waals surface area contributed by atoms with Gasteiger partial charge in [0, 0.05) is 28.8 Å². The Morgan fingerprint density at radius 1 is 1.24 bits per heavy atom. The SMILES string of the molecule is O=C(NCCCOc1ccc(Br)cc1Cl)Nc1ccc([N+](=O)[O-])cc1. The molecular weight excluding hydrogens is 414 g/mol. The molecule has 0 aliphatic rings. The van der Waals surface area contributed by atoms with E-state index in [9.17, 15) is 14.9 Å². The third kappa shape index (κ3) is 6.24. The molecular formula is C16H15BrClN3O4. The third-order valence-electron chi connectivity index (χ3n) is 3.09. The van der Waals surface area contributed by atoms with Gasteiger partial charge in [0.15, 0.2) is 0 Å². The smallest absolute Gasteiger partial charge is 0.319 e. The van der Waals surface area contributed by atoms with E-state index in [1.165, 1.54) is 24.3 Å². The molecule has 0 saturated heterocycles. The summed E-state index contributed by atoms with van der Waals surface area (Å²) in [5.74, 6) is 0.584. The summed E-state index contributed by atoms with van der Waals surface area (Å²) in [6.45, 7) is 0.812. The maximum atomic E-state index is 11.7. The Morgan fingerprint density at radius 3 is 2.60 bits per heavy atom. The highest BCUT2D eigenvalue weighted by Crippen LogP contribution is 2.27. The van der Waals surface area contributed by atoms with E-state index in [2.05, 4.69) is 26.6 Å². The highest BCUT2D eigenvalue weighted by atomic mass is 79.9. The Kier molecular flexibility index (Phi) is 7.03. The van der Waals surface area contributed by atoms with E-state index >= 15 is 0 Å². The van der Waals surface area contributed by atoms with Gasteiger partial charge in [0.2, 0.25) is 0 Å². The number of halogens is 2. The van der Waals surface area contributed by atoms with Gasteiger partial charge in [-0.25, -0.2) is 4.79 Å². The minimum atomic E-state index is -0.498. The lowest BCUT2D eigenvalue weighted by Crippen LogP contribution is -2.30. The molecule has 7 nitrogen and oxygen atoms in total. The van der Waals surface area contributed by atoms with Crippen LogP contribution in [-0.4, -0.2) is 24.1 Å². The van der Waals surface area contributed by atoms with Crippen molar-refractivity contribution in [3.63, 3.8) is 0 Å². The Labute approximate surface area is 157 Å². The van der Waals surface area contributed by atoms with Crippen LogP contribution in [0.15, 0.2) is 46.9 Å². The zero-order chi connectivity index (χ0) is 18.2. The van der Waals surface area contributed by atoms with Crippen LogP contribution in [-0.2, 0) is 0 Å². The lowest BCUT2D eigenvalue weighted by molar-refractivity contribution is -0.384. The summed E-state index contributed by atoms with van der Waals surface area (Å²) >= 11 is 9.35. The molecule has 0 aromatic heterocycles. The molecule has 0 atom stereocenters. The van der Waals surface area contributed by atoms with Crippen LogP contribution in [0.1, 0.15) is 6.42 Å². The predicted octanol–water partition coefficient (Wildman–Crippen LogP) is 4.60. The van der Waals surface area contributed by atoms with Crippen LogP contribution < -0.4 is 15.4 Å². The van der Waals surface area contributed by atoms with Gasteiger partial charge >= 0.3 is 6.03 Å². The van der Waals surface area contributed by atoms with Gasteiger partial charge in [-0.3, -0.25) is 10.1 Å². The van der Waals surface area contributed by atoms with Gasteiger partial charge in [0.1, 0.15) is 5.75 Å². The zero-order valence-electron chi connectivity index (χ0n) is 13.0. The van der Waals surface area contributed by atoms with Crippen molar-refractivity contribution in [2.24, 2.45) is 0 Å². The Bertz CT molecular complexity index is 756. The molecule has 0 radical (unpaired) electrons. The van der Waals surface area contributed by atoms with Gasteiger partial charge in [-0.05, 0) is 36.8 Å². The van der Waals surface area contributed by atoms with Gasteiger partial charge in [-0.1, -0.05) is 27.5 Å². The molecule has 25 heavy (non-hydrogen) atoms. The fraction of sp³-hybridized carbons (Fsp3) is 0.188. The number of non-ortho nitro benzene ring substituents is 1. The molecule has 0 aliphatic heterocycles. The molecule has 0 unspecified atom stereocenters. The summed E-state index contributed by atoms with van der Waals surface area (Å²) in [6, 6.07) is 10.5. The number of amides is 2. The first-order chi connectivity index (χ1) is 12.0. The number of hydrogen-bond donors (Lipinski definition) is 2. The summed E-state index contributed by atoms with van der Waals surface area (Å²) in [5.41, 5.74) is 0.440. The maximum Gasteiger partial charge on any atom is 0.319 e. The first kappa shape index (κ1) is 19.0. The van der Waals surface area contributed by atoms with E-state index in [-0.39, 0.29) is 5.69 Å². The predicted molar refractivity (Wildman–Crippen MR) is 99.4 cm³/mol. The number of nitrogens with zero attached hydrogens (tertiary/aromatic N) is 1. The summed E-state index contributed by atoms with van der Waals surface area (Å²) in [4.78, 5) is 21.8. The average molecular weight is 429 g/mol. The fourth-order valence-electron chi connectivity index (χ4n) is 1.89. The Hall–Kier alpha value is -2.32. The summed E-state index contributed by atoms with van der Waals surface area (Å²) < 4.78 is 6.41. The van der Waals surface area contributed by atoms with Crippen molar-refractivity contribution in [3.8, 4) is 5.75 Å². The molecule has 0 heterocycles. The lowest BCUT2D eigenvalue weighted by Gasteiger charge is -2.10. The first-order valence-corrected chi connectivity index (χ1v) is 8.50.